The maximum absolute atomic E-state index is 13.4. The Morgan fingerprint density at radius 1 is 1.00 bits per heavy atom. The molecule has 33 heavy (non-hydrogen) atoms. The number of nitrogens with zero attached hydrogens (tertiary/aromatic N) is 1. The maximum Gasteiger partial charge on any atom is 0.295 e. The highest BCUT2D eigenvalue weighted by Gasteiger charge is 2.46. The molecule has 168 valence electrons. The molecule has 5 nitrogen and oxygen atoms in total. The molecule has 1 heterocycles. The third kappa shape index (κ3) is 4.12. The summed E-state index contributed by atoms with van der Waals surface area (Å²) in [5.41, 5.74) is 3.38. The minimum atomic E-state index is -0.780. The topological polar surface area (TPSA) is 66.8 Å². The van der Waals surface area contributed by atoms with E-state index in [0.717, 1.165) is 5.56 Å². The molecule has 0 aliphatic carbocycles. The first-order valence-corrected chi connectivity index (χ1v) is 10.5. The zero-order valence-corrected chi connectivity index (χ0v) is 18.6. The molecule has 1 aliphatic rings. The van der Waals surface area contributed by atoms with E-state index in [1.807, 2.05) is 44.2 Å². The molecule has 1 fully saturated rings. The van der Waals surface area contributed by atoms with Crippen LogP contribution in [0.4, 0.5) is 4.39 Å². The van der Waals surface area contributed by atoms with Gasteiger partial charge in [-0.25, -0.2) is 4.39 Å². The van der Waals surface area contributed by atoms with Gasteiger partial charge in [0, 0.05) is 12.1 Å². The number of aliphatic hydroxyl groups excluding tert-OH is 1. The van der Waals surface area contributed by atoms with Crippen LogP contribution in [-0.4, -0.2) is 28.8 Å². The molecule has 0 radical (unpaired) electrons. The van der Waals surface area contributed by atoms with Crippen LogP contribution in [-0.2, 0) is 16.1 Å². The van der Waals surface area contributed by atoms with Gasteiger partial charge in [0.1, 0.15) is 17.3 Å². The van der Waals surface area contributed by atoms with Gasteiger partial charge in [0.05, 0.1) is 18.7 Å². The van der Waals surface area contributed by atoms with E-state index in [-0.39, 0.29) is 23.7 Å². The molecule has 1 saturated heterocycles. The Morgan fingerprint density at radius 2 is 1.67 bits per heavy atom. The number of hydrogen-bond donors (Lipinski definition) is 1. The average Bonchev–Trinajstić information content (AvgIpc) is 3.06. The molecule has 1 N–H and O–H groups in total. The van der Waals surface area contributed by atoms with Crippen molar-refractivity contribution in [1.82, 2.24) is 4.90 Å². The summed E-state index contributed by atoms with van der Waals surface area (Å²) in [6, 6.07) is 17.6. The van der Waals surface area contributed by atoms with Crippen LogP contribution in [0.3, 0.4) is 0 Å². The van der Waals surface area contributed by atoms with Crippen LogP contribution in [0, 0.1) is 19.7 Å². The van der Waals surface area contributed by atoms with E-state index >= 15 is 0 Å². The van der Waals surface area contributed by atoms with E-state index in [4.69, 9.17) is 4.74 Å². The molecule has 0 aromatic heterocycles. The molecule has 4 rings (SSSR count). The van der Waals surface area contributed by atoms with Crippen LogP contribution in [0.2, 0.25) is 0 Å². The number of aryl methyl sites for hydroxylation is 2. The van der Waals surface area contributed by atoms with Crippen molar-refractivity contribution in [3.8, 4) is 5.75 Å². The van der Waals surface area contributed by atoms with Crippen LogP contribution in [0.15, 0.2) is 72.3 Å². The number of halogens is 1. The van der Waals surface area contributed by atoms with Gasteiger partial charge in [-0.3, -0.25) is 9.59 Å². The molecule has 1 unspecified atom stereocenters. The lowest BCUT2D eigenvalue weighted by molar-refractivity contribution is -0.140. The average molecular weight is 445 g/mol. The molecule has 6 heteroatoms. The Balaban J connectivity index is 1.87. The first kappa shape index (κ1) is 22.3. The summed E-state index contributed by atoms with van der Waals surface area (Å²) in [4.78, 5) is 27.7. The van der Waals surface area contributed by atoms with Gasteiger partial charge in [-0.15, -0.1) is 0 Å². The normalized spacial score (nSPS) is 17.5. The summed E-state index contributed by atoms with van der Waals surface area (Å²) in [6.45, 7) is 3.75. The molecule has 3 aromatic rings. The van der Waals surface area contributed by atoms with Crippen molar-refractivity contribution in [2.75, 3.05) is 7.11 Å². The number of Topliss-reactive ketones (excluding diaryl/α,β-unsaturated/α-hetero) is 1. The summed E-state index contributed by atoms with van der Waals surface area (Å²) < 4.78 is 18.7. The van der Waals surface area contributed by atoms with Crippen molar-refractivity contribution < 1.29 is 23.8 Å². The fourth-order valence-electron chi connectivity index (χ4n) is 4.22. The van der Waals surface area contributed by atoms with Gasteiger partial charge in [-0.2, -0.15) is 0 Å². The van der Waals surface area contributed by atoms with Crippen molar-refractivity contribution in [2.24, 2.45) is 0 Å². The second-order valence-electron chi connectivity index (χ2n) is 8.10. The Labute approximate surface area is 191 Å². The van der Waals surface area contributed by atoms with Gasteiger partial charge in [-0.05, 0) is 60.4 Å². The van der Waals surface area contributed by atoms with Gasteiger partial charge < -0.3 is 14.7 Å². The highest BCUT2D eigenvalue weighted by molar-refractivity contribution is 6.46. The molecular formula is C27H24FNO4. The Kier molecular flexibility index (Phi) is 6.01. The number of benzene rings is 3. The van der Waals surface area contributed by atoms with E-state index in [9.17, 15) is 19.1 Å². The molecule has 0 saturated carbocycles. The highest BCUT2D eigenvalue weighted by Crippen LogP contribution is 2.41. The lowest BCUT2D eigenvalue weighted by atomic mass is 9.93. The second-order valence-corrected chi connectivity index (χ2v) is 8.10. The summed E-state index contributed by atoms with van der Waals surface area (Å²) in [5.74, 6) is -1.41. The van der Waals surface area contributed by atoms with Crippen molar-refractivity contribution in [3.63, 3.8) is 0 Å². The Hall–Kier alpha value is -3.93. The third-order valence-electron chi connectivity index (χ3n) is 5.92. The van der Waals surface area contributed by atoms with Crippen molar-refractivity contribution in [3.05, 3.63) is 106 Å². The smallest absolute Gasteiger partial charge is 0.295 e. The lowest BCUT2D eigenvalue weighted by Crippen LogP contribution is -2.29. The number of ether oxygens (including phenoxy) is 1. The SMILES string of the molecule is COc1cc(C)c(/C(O)=C2\C(=O)C(=O)N(Cc3ccc(F)cc3)C2c2ccccc2)cc1C. The molecule has 1 amide bonds. The molecular weight excluding hydrogens is 421 g/mol. The zero-order chi connectivity index (χ0) is 23.7. The van der Waals surface area contributed by atoms with Crippen molar-refractivity contribution >= 4 is 17.4 Å². The number of likely N-dealkylation sites (tertiary alicyclic amines) is 1. The number of rotatable bonds is 5. The first-order valence-electron chi connectivity index (χ1n) is 10.5. The molecule has 3 aromatic carbocycles. The minimum absolute atomic E-state index is 0.0287. The molecule has 0 bridgehead atoms. The third-order valence-corrected chi connectivity index (χ3v) is 5.92. The number of hydrogen-bond acceptors (Lipinski definition) is 4. The number of methoxy groups -OCH3 is 1. The fourth-order valence-corrected chi connectivity index (χ4v) is 4.22. The summed E-state index contributed by atoms with van der Waals surface area (Å²) in [6.07, 6.45) is 0. The number of amides is 1. The van der Waals surface area contributed by atoms with Gasteiger partial charge >= 0.3 is 0 Å². The predicted octanol–water partition coefficient (Wildman–Crippen LogP) is 5.07. The van der Waals surface area contributed by atoms with Crippen molar-refractivity contribution in [2.45, 2.75) is 26.4 Å². The lowest BCUT2D eigenvalue weighted by Gasteiger charge is -2.25. The highest BCUT2D eigenvalue weighted by atomic mass is 19.1. The molecule has 1 atom stereocenters. The monoisotopic (exact) mass is 445 g/mol. The number of aliphatic hydroxyl groups is 1. The van der Waals surface area contributed by atoms with Crippen LogP contribution in [0.1, 0.15) is 33.9 Å². The second kappa shape index (κ2) is 8.90. The first-order chi connectivity index (χ1) is 15.8. The van der Waals surface area contributed by atoms with E-state index in [0.29, 0.717) is 28.0 Å². The van der Waals surface area contributed by atoms with Crippen LogP contribution in [0.25, 0.3) is 5.76 Å². The summed E-state index contributed by atoms with van der Waals surface area (Å²) >= 11 is 0. The van der Waals surface area contributed by atoms with E-state index < -0.39 is 17.7 Å². The van der Waals surface area contributed by atoms with E-state index in [2.05, 4.69) is 0 Å². The standard InChI is InChI=1S/C27H24FNO4/c1-16-14-22(33-3)17(2)13-21(16)25(30)23-24(19-7-5-4-6-8-19)29(27(32)26(23)31)15-18-9-11-20(28)12-10-18/h4-14,24,30H,15H2,1-3H3/b25-23+. The van der Waals surface area contributed by atoms with Gasteiger partial charge in [0.15, 0.2) is 0 Å². The number of carbonyl (C=O) groups excluding carboxylic acids is 2. The van der Waals surface area contributed by atoms with Crippen LogP contribution >= 0.6 is 0 Å². The molecule has 1 aliphatic heterocycles. The van der Waals surface area contributed by atoms with Gasteiger partial charge in [-0.1, -0.05) is 42.5 Å². The van der Waals surface area contributed by atoms with E-state index in [1.54, 1.807) is 31.4 Å². The quantitative estimate of drug-likeness (QED) is 0.338. The van der Waals surface area contributed by atoms with Crippen LogP contribution in [0.5, 0.6) is 5.75 Å². The minimum Gasteiger partial charge on any atom is -0.507 e. The number of carbonyl (C=O) groups is 2. The zero-order valence-electron chi connectivity index (χ0n) is 18.6. The van der Waals surface area contributed by atoms with E-state index in [1.165, 1.54) is 17.0 Å². The Morgan fingerprint density at radius 3 is 2.30 bits per heavy atom. The fraction of sp³-hybridized carbons (Fsp3) is 0.185. The number of ketones is 1. The molecule has 0 spiro atoms. The summed E-state index contributed by atoms with van der Waals surface area (Å²) in [5, 5.41) is 11.3. The van der Waals surface area contributed by atoms with Gasteiger partial charge in [0.2, 0.25) is 0 Å². The van der Waals surface area contributed by atoms with Gasteiger partial charge in [0.25, 0.3) is 11.7 Å². The van der Waals surface area contributed by atoms with Crippen LogP contribution < -0.4 is 4.74 Å². The predicted molar refractivity (Wildman–Crippen MR) is 123 cm³/mol. The van der Waals surface area contributed by atoms with Crippen molar-refractivity contribution in [1.29, 1.82) is 0 Å². The Bertz CT molecular complexity index is 1250. The maximum atomic E-state index is 13.4. The summed E-state index contributed by atoms with van der Waals surface area (Å²) in [7, 11) is 1.57. The largest absolute Gasteiger partial charge is 0.507 e.